The number of amides is 1. The van der Waals surface area contributed by atoms with Gasteiger partial charge in [-0.2, -0.15) is 0 Å². The summed E-state index contributed by atoms with van der Waals surface area (Å²) in [7, 11) is 0. The summed E-state index contributed by atoms with van der Waals surface area (Å²) in [6.45, 7) is 6.86. The number of hydrogen-bond donors (Lipinski definition) is 1. The molecule has 6 nitrogen and oxygen atoms in total. The lowest BCUT2D eigenvalue weighted by atomic mass is 10.0. The summed E-state index contributed by atoms with van der Waals surface area (Å²) in [5, 5.41) is 14.4. The maximum Gasteiger partial charge on any atom is 0.233 e. The first-order valence-corrected chi connectivity index (χ1v) is 12.7. The molecule has 0 fully saturated rings. The van der Waals surface area contributed by atoms with E-state index in [4.69, 9.17) is 0 Å². The molecule has 0 saturated heterocycles. The number of hydrogen-bond acceptors (Lipinski definition) is 6. The number of nitrogens with one attached hydrogen (secondary N) is 1. The van der Waals surface area contributed by atoms with Gasteiger partial charge in [0.15, 0.2) is 11.0 Å². The van der Waals surface area contributed by atoms with Crippen LogP contribution in [0, 0.1) is 0 Å². The van der Waals surface area contributed by atoms with Crippen LogP contribution in [0.3, 0.4) is 0 Å². The normalized spacial score (nSPS) is 12.1. The van der Waals surface area contributed by atoms with Crippen molar-refractivity contribution < 1.29 is 4.79 Å². The van der Waals surface area contributed by atoms with Crippen LogP contribution in [0.25, 0.3) is 17.1 Å². The second kappa shape index (κ2) is 10.8. The van der Waals surface area contributed by atoms with Crippen LogP contribution in [0.2, 0.25) is 0 Å². The van der Waals surface area contributed by atoms with Crippen LogP contribution in [0.4, 0.5) is 0 Å². The number of thioether (sulfide) groups is 1. The Kier molecular flexibility index (Phi) is 7.57. The van der Waals surface area contributed by atoms with Crippen LogP contribution in [0.5, 0.6) is 0 Å². The molecule has 1 amide bonds. The Bertz CT molecular complexity index is 1190. The Labute approximate surface area is 202 Å². The van der Waals surface area contributed by atoms with Crippen molar-refractivity contribution in [2.75, 3.05) is 6.54 Å². The molecule has 0 aliphatic heterocycles. The van der Waals surface area contributed by atoms with Crippen molar-refractivity contribution in [3.63, 3.8) is 0 Å². The number of rotatable bonds is 9. The van der Waals surface area contributed by atoms with Crippen LogP contribution in [-0.4, -0.2) is 37.5 Å². The first-order valence-electron chi connectivity index (χ1n) is 11.0. The SMILES string of the molecule is CC(Sc1nnc(-c2cccnc2)n1-c1ccccc1C(C)C)C(=O)NCCc1cccs1. The molecule has 1 N–H and O–H groups in total. The van der Waals surface area contributed by atoms with Gasteiger partial charge in [0.1, 0.15) is 0 Å². The molecule has 1 unspecified atom stereocenters. The average Bonchev–Trinajstić information content (AvgIpc) is 3.49. The van der Waals surface area contributed by atoms with Crippen LogP contribution >= 0.6 is 23.1 Å². The zero-order valence-corrected chi connectivity index (χ0v) is 20.6. The molecule has 0 bridgehead atoms. The molecule has 0 saturated carbocycles. The molecule has 4 rings (SSSR count). The summed E-state index contributed by atoms with van der Waals surface area (Å²) >= 11 is 3.12. The van der Waals surface area contributed by atoms with Crippen molar-refractivity contribution in [2.24, 2.45) is 0 Å². The summed E-state index contributed by atoms with van der Waals surface area (Å²) in [6.07, 6.45) is 4.36. The highest BCUT2D eigenvalue weighted by Crippen LogP contribution is 2.33. The molecule has 1 atom stereocenters. The first-order chi connectivity index (χ1) is 16.0. The molecule has 0 spiro atoms. The van der Waals surface area contributed by atoms with E-state index in [-0.39, 0.29) is 11.2 Å². The van der Waals surface area contributed by atoms with Crippen LogP contribution in [0.1, 0.15) is 37.1 Å². The quantitative estimate of drug-likeness (QED) is 0.329. The Morgan fingerprint density at radius 1 is 1.09 bits per heavy atom. The van der Waals surface area contributed by atoms with Crippen LogP contribution in [-0.2, 0) is 11.2 Å². The highest BCUT2D eigenvalue weighted by molar-refractivity contribution is 8.00. The fraction of sp³-hybridized carbons (Fsp3) is 0.280. The number of pyridine rings is 1. The molecule has 8 heteroatoms. The highest BCUT2D eigenvalue weighted by atomic mass is 32.2. The van der Waals surface area contributed by atoms with Crippen molar-refractivity contribution in [3.8, 4) is 17.1 Å². The number of benzene rings is 1. The molecule has 0 radical (unpaired) electrons. The molecule has 170 valence electrons. The molecule has 3 heterocycles. The number of aromatic nitrogens is 4. The summed E-state index contributed by atoms with van der Waals surface area (Å²) in [4.78, 5) is 18.3. The molecule has 1 aromatic carbocycles. The Hall–Kier alpha value is -2.97. The van der Waals surface area contributed by atoms with Crippen molar-refractivity contribution in [2.45, 2.75) is 43.5 Å². The van der Waals surface area contributed by atoms with Gasteiger partial charge in [-0.25, -0.2) is 0 Å². The smallest absolute Gasteiger partial charge is 0.233 e. The van der Waals surface area contributed by atoms with Crippen molar-refractivity contribution >= 4 is 29.0 Å². The average molecular weight is 478 g/mol. The third-order valence-electron chi connectivity index (χ3n) is 5.25. The third-order valence-corrected chi connectivity index (χ3v) is 7.23. The Morgan fingerprint density at radius 3 is 2.67 bits per heavy atom. The first kappa shape index (κ1) is 23.2. The largest absolute Gasteiger partial charge is 0.355 e. The fourth-order valence-corrected chi connectivity index (χ4v) is 5.14. The van der Waals surface area contributed by atoms with E-state index < -0.39 is 0 Å². The topological polar surface area (TPSA) is 72.7 Å². The maximum absolute atomic E-state index is 12.8. The molecule has 0 aliphatic carbocycles. The van der Waals surface area contributed by atoms with E-state index in [0.717, 1.165) is 17.7 Å². The van der Waals surface area contributed by atoms with Gasteiger partial charge < -0.3 is 5.32 Å². The summed E-state index contributed by atoms with van der Waals surface area (Å²) in [5.41, 5.74) is 3.09. The van der Waals surface area contributed by atoms with E-state index in [9.17, 15) is 4.79 Å². The van der Waals surface area contributed by atoms with Gasteiger partial charge in [-0.15, -0.1) is 21.5 Å². The molecule has 33 heavy (non-hydrogen) atoms. The molecule has 3 aromatic heterocycles. The summed E-state index contributed by atoms with van der Waals surface area (Å²) < 4.78 is 2.05. The van der Waals surface area contributed by atoms with Gasteiger partial charge in [-0.05, 0) is 54.5 Å². The summed E-state index contributed by atoms with van der Waals surface area (Å²) in [5.74, 6) is 1.02. The number of nitrogens with zero attached hydrogens (tertiary/aromatic N) is 4. The molecule has 0 aliphatic rings. The minimum absolute atomic E-state index is 0.00817. The Morgan fingerprint density at radius 2 is 1.94 bits per heavy atom. The van der Waals surface area contributed by atoms with E-state index in [1.165, 1.54) is 22.2 Å². The van der Waals surface area contributed by atoms with E-state index in [0.29, 0.717) is 23.4 Å². The molecular weight excluding hydrogens is 450 g/mol. The van der Waals surface area contributed by atoms with Gasteiger partial charge in [0.05, 0.1) is 10.9 Å². The van der Waals surface area contributed by atoms with Crippen molar-refractivity contribution in [1.82, 2.24) is 25.1 Å². The monoisotopic (exact) mass is 477 g/mol. The zero-order valence-electron chi connectivity index (χ0n) is 18.9. The van der Waals surface area contributed by atoms with Crippen molar-refractivity contribution in [3.05, 3.63) is 76.7 Å². The lowest BCUT2D eigenvalue weighted by molar-refractivity contribution is -0.120. The predicted molar refractivity (Wildman–Crippen MR) is 135 cm³/mol. The standard InChI is InChI=1S/C25H27N5OS2/c1-17(2)21-10-4-5-11-22(21)30-23(19-8-6-13-26-16-19)28-29-25(30)33-18(3)24(31)27-14-12-20-9-7-15-32-20/h4-11,13,15-18H,12,14H2,1-3H3,(H,27,31). The van der Waals surface area contributed by atoms with E-state index in [1.54, 1.807) is 23.7 Å². The number of carbonyl (C=O) groups excluding carboxylic acids is 1. The lowest BCUT2D eigenvalue weighted by Gasteiger charge is -2.18. The number of carbonyl (C=O) groups is 1. The van der Waals surface area contributed by atoms with Gasteiger partial charge >= 0.3 is 0 Å². The Balaban J connectivity index is 1.60. The second-order valence-corrected chi connectivity index (χ2v) is 10.3. The summed E-state index contributed by atoms with van der Waals surface area (Å²) in [6, 6.07) is 16.2. The number of thiophene rings is 1. The highest BCUT2D eigenvalue weighted by Gasteiger charge is 2.23. The van der Waals surface area contributed by atoms with Gasteiger partial charge in [0, 0.05) is 29.4 Å². The van der Waals surface area contributed by atoms with E-state index in [2.05, 4.69) is 57.9 Å². The second-order valence-electron chi connectivity index (χ2n) is 7.98. The van der Waals surface area contributed by atoms with E-state index >= 15 is 0 Å². The van der Waals surface area contributed by atoms with Gasteiger partial charge in [-0.1, -0.05) is 49.9 Å². The molecule has 4 aromatic rings. The van der Waals surface area contributed by atoms with Crippen LogP contribution < -0.4 is 5.32 Å². The minimum atomic E-state index is -0.316. The zero-order chi connectivity index (χ0) is 23.2. The van der Waals surface area contributed by atoms with Gasteiger partial charge in [0.25, 0.3) is 0 Å². The van der Waals surface area contributed by atoms with Gasteiger partial charge in [0.2, 0.25) is 5.91 Å². The third kappa shape index (κ3) is 5.51. The minimum Gasteiger partial charge on any atom is -0.355 e. The van der Waals surface area contributed by atoms with Gasteiger partial charge in [-0.3, -0.25) is 14.3 Å². The molecular formula is C25H27N5OS2. The van der Waals surface area contributed by atoms with Crippen LogP contribution in [0.15, 0.2) is 71.5 Å². The maximum atomic E-state index is 12.8. The van der Waals surface area contributed by atoms with E-state index in [1.807, 2.05) is 41.8 Å². The predicted octanol–water partition coefficient (Wildman–Crippen LogP) is 5.35. The van der Waals surface area contributed by atoms with Crippen molar-refractivity contribution in [1.29, 1.82) is 0 Å². The lowest BCUT2D eigenvalue weighted by Crippen LogP contribution is -2.32. The number of para-hydroxylation sites is 1. The fourth-order valence-electron chi connectivity index (χ4n) is 3.54.